The molecule has 3 aromatic heterocycles. The van der Waals surface area contributed by atoms with Crippen LogP contribution in [-0.4, -0.2) is 21.2 Å². The van der Waals surface area contributed by atoms with Crippen molar-refractivity contribution in [2.45, 2.75) is 6.42 Å². The third-order valence-corrected chi connectivity index (χ3v) is 5.48. The third-order valence-electron chi connectivity index (χ3n) is 4.62. The maximum Gasteiger partial charge on any atom is 0.277 e. The first kappa shape index (κ1) is 19.0. The highest BCUT2D eigenvalue weighted by atomic mass is 32.1. The normalized spacial score (nSPS) is 10.8. The van der Waals surface area contributed by atoms with Gasteiger partial charge in [-0.25, -0.2) is 0 Å². The smallest absolute Gasteiger partial charge is 0.277 e. The topological polar surface area (TPSA) is 94.1 Å². The molecule has 5 aromatic rings. The zero-order valence-electron chi connectivity index (χ0n) is 16.2. The Morgan fingerprint density at radius 1 is 0.935 bits per heavy atom. The van der Waals surface area contributed by atoms with Crippen molar-refractivity contribution in [2.24, 2.45) is 0 Å². The molecule has 0 saturated heterocycles. The number of carbonyl (C=O) groups is 1. The van der Waals surface area contributed by atoms with E-state index in [0.29, 0.717) is 29.6 Å². The molecule has 0 fully saturated rings. The van der Waals surface area contributed by atoms with Crippen molar-refractivity contribution >= 4 is 22.9 Å². The molecule has 0 atom stereocenters. The van der Waals surface area contributed by atoms with E-state index in [4.69, 9.17) is 9.05 Å². The van der Waals surface area contributed by atoms with Crippen LogP contribution in [0, 0.1) is 0 Å². The highest BCUT2D eigenvalue weighted by Gasteiger charge is 2.17. The second kappa shape index (κ2) is 8.37. The van der Waals surface area contributed by atoms with Gasteiger partial charge in [-0.2, -0.15) is 4.98 Å². The highest BCUT2D eigenvalue weighted by Crippen LogP contribution is 2.25. The summed E-state index contributed by atoms with van der Waals surface area (Å²) in [5, 5.41) is 12.8. The molecule has 152 valence electrons. The molecule has 5 rings (SSSR count). The van der Waals surface area contributed by atoms with E-state index in [1.54, 1.807) is 17.4 Å². The fourth-order valence-corrected chi connectivity index (χ4v) is 3.75. The first-order valence-electron chi connectivity index (χ1n) is 9.54. The maximum absolute atomic E-state index is 12.7. The number of aromatic nitrogens is 3. The summed E-state index contributed by atoms with van der Waals surface area (Å²) in [6.45, 7) is 0. The number of rotatable bonds is 6. The van der Waals surface area contributed by atoms with Crippen LogP contribution in [0.2, 0.25) is 0 Å². The third kappa shape index (κ3) is 4.15. The second-order valence-electron chi connectivity index (χ2n) is 6.72. The van der Waals surface area contributed by atoms with Gasteiger partial charge >= 0.3 is 0 Å². The van der Waals surface area contributed by atoms with E-state index in [1.165, 1.54) is 0 Å². The Morgan fingerprint density at radius 2 is 1.77 bits per heavy atom. The number of benzene rings is 2. The Bertz CT molecular complexity index is 1310. The fraction of sp³-hybridized carbons (Fsp3) is 0.0435. The molecule has 0 aliphatic heterocycles. The molecule has 1 amide bonds. The van der Waals surface area contributed by atoms with Gasteiger partial charge in [0.05, 0.1) is 11.3 Å². The van der Waals surface area contributed by atoms with Gasteiger partial charge in [0.1, 0.15) is 0 Å². The lowest BCUT2D eigenvalue weighted by atomic mass is 10.1. The van der Waals surface area contributed by atoms with Crippen LogP contribution >= 0.6 is 11.3 Å². The lowest BCUT2D eigenvalue weighted by Gasteiger charge is -2.08. The van der Waals surface area contributed by atoms with E-state index in [1.807, 2.05) is 72.1 Å². The van der Waals surface area contributed by atoms with Crippen LogP contribution in [0.5, 0.6) is 0 Å². The average Bonchev–Trinajstić information content (AvgIpc) is 3.57. The summed E-state index contributed by atoms with van der Waals surface area (Å²) < 4.78 is 10.7. The van der Waals surface area contributed by atoms with Crippen molar-refractivity contribution in [1.29, 1.82) is 0 Å². The molecular formula is C23H16N4O3S. The lowest BCUT2D eigenvalue weighted by molar-refractivity contribution is 0.101. The van der Waals surface area contributed by atoms with Crippen molar-refractivity contribution in [2.75, 3.05) is 5.32 Å². The van der Waals surface area contributed by atoms with Crippen LogP contribution in [-0.2, 0) is 6.42 Å². The van der Waals surface area contributed by atoms with E-state index in [2.05, 4.69) is 20.6 Å². The molecule has 0 aliphatic carbocycles. The number of nitrogens with zero attached hydrogens (tertiary/aromatic N) is 3. The summed E-state index contributed by atoms with van der Waals surface area (Å²) in [5.41, 5.74) is 2.55. The van der Waals surface area contributed by atoms with Gasteiger partial charge in [0.2, 0.25) is 11.7 Å². The molecule has 8 heteroatoms. The molecule has 0 radical (unpaired) electrons. The zero-order chi connectivity index (χ0) is 21.0. The van der Waals surface area contributed by atoms with E-state index in [-0.39, 0.29) is 11.6 Å². The van der Waals surface area contributed by atoms with Crippen molar-refractivity contribution in [1.82, 2.24) is 15.3 Å². The van der Waals surface area contributed by atoms with E-state index in [0.717, 1.165) is 16.0 Å². The summed E-state index contributed by atoms with van der Waals surface area (Å²) >= 11 is 1.55. The number of thiophene rings is 1. The average molecular weight is 428 g/mol. The molecule has 3 heterocycles. The molecule has 0 bridgehead atoms. The Kier molecular flexibility index (Phi) is 5.12. The Balaban J connectivity index is 1.33. The second-order valence-corrected chi connectivity index (χ2v) is 7.67. The standard InChI is InChI=1S/C23H16N4O3S/c28-23(18-14-19(29-26-18)15-7-2-1-3-8-15)24-17-10-5-4-9-16(17)13-21-25-22(27-30-21)20-11-6-12-31-20/h1-12,14H,13H2,(H,24,28). The monoisotopic (exact) mass is 428 g/mol. The Labute approximate surface area is 181 Å². The van der Waals surface area contributed by atoms with Crippen LogP contribution < -0.4 is 5.32 Å². The first-order chi connectivity index (χ1) is 15.3. The number of carbonyl (C=O) groups excluding carboxylic acids is 1. The molecule has 0 saturated carbocycles. The lowest BCUT2D eigenvalue weighted by Crippen LogP contribution is -2.13. The number of amides is 1. The first-order valence-corrected chi connectivity index (χ1v) is 10.4. The quantitative estimate of drug-likeness (QED) is 0.395. The van der Waals surface area contributed by atoms with E-state index >= 15 is 0 Å². The molecule has 0 aliphatic rings. The number of hydrogen-bond acceptors (Lipinski definition) is 7. The molecule has 2 aromatic carbocycles. The van der Waals surface area contributed by atoms with Gasteiger partial charge in [-0.1, -0.05) is 64.9 Å². The van der Waals surface area contributed by atoms with Crippen LogP contribution in [0.4, 0.5) is 5.69 Å². The largest absolute Gasteiger partial charge is 0.355 e. The minimum Gasteiger partial charge on any atom is -0.355 e. The van der Waals surface area contributed by atoms with E-state index in [9.17, 15) is 4.79 Å². The zero-order valence-corrected chi connectivity index (χ0v) is 17.0. The van der Waals surface area contributed by atoms with Crippen molar-refractivity contribution in [3.63, 3.8) is 0 Å². The Hall–Kier alpha value is -4.04. The SMILES string of the molecule is O=C(Nc1ccccc1Cc1nc(-c2cccs2)no1)c1cc(-c2ccccc2)on1. The summed E-state index contributed by atoms with van der Waals surface area (Å²) in [5.74, 6) is 1.20. The maximum atomic E-state index is 12.7. The molecule has 0 unspecified atom stereocenters. The number of hydrogen-bond donors (Lipinski definition) is 1. The predicted octanol–water partition coefficient (Wildman–Crippen LogP) is 5.30. The summed E-state index contributed by atoms with van der Waals surface area (Å²) in [7, 11) is 0. The van der Waals surface area contributed by atoms with Gasteiger partial charge in [-0.3, -0.25) is 4.79 Å². The van der Waals surface area contributed by atoms with Gasteiger partial charge in [0.15, 0.2) is 11.5 Å². The fourth-order valence-electron chi connectivity index (χ4n) is 3.10. The number of para-hydroxylation sites is 1. The minimum absolute atomic E-state index is 0.200. The number of nitrogens with one attached hydrogen (secondary N) is 1. The minimum atomic E-state index is -0.358. The Morgan fingerprint density at radius 3 is 2.61 bits per heavy atom. The van der Waals surface area contributed by atoms with Gasteiger partial charge in [0.25, 0.3) is 5.91 Å². The summed E-state index contributed by atoms with van der Waals surface area (Å²) in [4.78, 5) is 18.1. The van der Waals surface area contributed by atoms with Crippen molar-refractivity contribution in [3.05, 3.63) is 95.3 Å². The van der Waals surface area contributed by atoms with Crippen LogP contribution in [0.15, 0.2) is 87.2 Å². The van der Waals surface area contributed by atoms with Crippen molar-refractivity contribution in [3.8, 4) is 22.0 Å². The van der Waals surface area contributed by atoms with E-state index < -0.39 is 0 Å². The number of anilines is 1. The van der Waals surface area contributed by atoms with Crippen LogP contribution in [0.25, 0.3) is 22.0 Å². The molecule has 1 N–H and O–H groups in total. The van der Waals surface area contributed by atoms with Gasteiger partial charge < -0.3 is 14.4 Å². The van der Waals surface area contributed by atoms with Crippen molar-refractivity contribution < 1.29 is 13.8 Å². The van der Waals surface area contributed by atoms with Crippen LogP contribution in [0.3, 0.4) is 0 Å². The summed E-state index contributed by atoms with van der Waals surface area (Å²) in [6, 6.07) is 22.5. The molecule has 0 spiro atoms. The van der Waals surface area contributed by atoms with Gasteiger partial charge in [0, 0.05) is 17.3 Å². The molecular weight excluding hydrogens is 412 g/mol. The molecule has 7 nitrogen and oxygen atoms in total. The molecule has 31 heavy (non-hydrogen) atoms. The van der Waals surface area contributed by atoms with Gasteiger partial charge in [-0.15, -0.1) is 11.3 Å². The predicted molar refractivity (Wildman–Crippen MR) is 117 cm³/mol. The van der Waals surface area contributed by atoms with Gasteiger partial charge in [-0.05, 0) is 23.1 Å². The summed E-state index contributed by atoms with van der Waals surface area (Å²) in [6.07, 6.45) is 0.392. The highest BCUT2D eigenvalue weighted by molar-refractivity contribution is 7.13. The van der Waals surface area contributed by atoms with Crippen LogP contribution in [0.1, 0.15) is 21.9 Å².